The maximum Gasteiger partial charge on any atom is 0.328 e. The van der Waals surface area contributed by atoms with E-state index in [9.17, 15) is 14.0 Å². The molecular weight excluding hydrogens is 533 g/mol. The molecule has 1 N–H and O–H groups in total. The lowest BCUT2D eigenvalue weighted by molar-refractivity contribution is -0.142. The van der Waals surface area contributed by atoms with Crippen molar-refractivity contribution in [2.75, 3.05) is 7.11 Å². The number of carbonyl (C=O) groups excluding carboxylic acids is 2. The van der Waals surface area contributed by atoms with Crippen molar-refractivity contribution in [3.05, 3.63) is 125 Å². The summed E-state index contributed by atoms with van der Waals surface area (Å²) in [5.41, 5.74) is 3.88. The second-order valence-corrected chi connectivity index (χ2v) is 9.53. The van der Waals surface area contributed by atoms with Crippen LogP contribution < -0.4 is 10.1 Å². The van der Waals surface area contributed by atoms with E-state index in [0.29, 0.717) is 22.0 Å². The number of imidazole rings is 1. The molecule has 0 aliphatic heterocycles. The van der Waals surface area contributed by atoms with Gasteiger partial charge in [-0.2, -0.15) is 0 Å². The summed E-state index contributed by atoms with van der Waals surface area (Å²) in [5.74, 6) is -0.865. The van der Waals surface area contributed by atoms with Gasteiger partial charge in [0.05, 0.1) is 7.11 Å². The van der Waals surface area contributed by atoms with E-state index >= 15 is 0 Å². The predicted molar refractivity (Wildman–Crippen MR) is 150 cm³/mol. The van der Waals surface area contributed by atoms with Crippen molar-refractivity contribution >= 4 is 29.1 Å². The van der Waals surface area contributed by atoms with Crippen LogP contribution in [0.3, 0.4) is 0 Å². The van der Waals surface area contributed by atoms with Crippen LogP contribution in [0.15, 0.2) is 97.3 Å². The first-order valence-corrected chi connectivity index (χ1v) is 12.9. The minimum atomic E-state index is -0.933. The minimum absolute atomic E-state index is 0.0903. The van der Waals surface area contributed by atoms with Crippen molar-refractivity contribution in [3.63, 3.8) is 0 Å². The number of amides is 1. The van der Waals surface area contributed by atoms with Crippen molar-refractivity contribution in [1.82, 2.24) is 14.7 Å². The molecule has 5 rings (SSSR count). The van der Waals surface area contributed by atoms with E-state index in [1.165, 1.54) is 13.2 Å². The van der Waals surface area contributed by atoms with Gasteiger partial charge in [0.15, 0.2) is 0 Å². The molecule has 2 aromatic heterocycles. The van der Waals surface area contributed by atoms with E-state index in [0.717, 1.165) is 16.7 Å². The smallest absolute Gasteiger partial charge is 0.328 e. The van der Waals surface area contributed by atoms with E-state index < -0.39 is 17.9 Å². The standard InChI is InChI=1S/C31H25ClFN3O4/c1-39-31(38)27(16-20-6-13-25(14-7-20)40-19-23-4-2-3-5-26(23)33)35-30(37)28-18-36-17-22(10-15-29(36)34-28)21-8-11-24(32)12-9-21/h2-15,17-18,27H,16,19H2,1H3,(H,35,37)/t27-/m0/s1. The molecule has 0 aliphatic carbocycles. The molecule has 2 heterocycles. The number of fused-ring (bicyclic) bond motifs is 1. The first kappa shape index (κ1) is 26.9. The number of benzene rings is 3. The van der Waals surface area contributed by atoms with Crippen molar-refractivity contribution in [3.8, 4) is 16.9 Å². The van der Waals surface area contributed by atoms with E-state index in [2.05, 4.69) is 10.3 Å². The van der Waals surface area contributed by atoms with E-state index in [1.807, 2.05) is 42.6 Å². The van der Waals surface area contributed by atoms with Crippen LogP contribution in [0, 0.1) is 5.82 Å². The summed E-state index contributed by atoms with van der Waals surface area (Å²) in [5, 5.41) is 3.39. The first-order valence-electron chi connectivity index (χ1n) is 12.5. The lowest BCUT2D eigenvalue weighted by Crippen LogP contribution is -2.43. The van der Waals surface area contributed by atoms with E-state index in [-0.39, 0.29) is 24.5 Å². The number of halogens is 2. The molecule has 0 spiro atoms. The van der Waals surface area contributed by atoms with Gasteiger partial charge in [-0.05, 0) is 59.2 Å². The molecule has 0 aliphatic rings. The number of esters is 1. The zero-order chi connectivity index (χ0) is 28.1. The Bertz CT molecular complexity index is 1650. The fraction of sp³-hybridized carbons (Fsp3) is 0.129. The Balaban J connectivity index is 1.26. The summed E-state index contributed by atoms with van der Waals surface area (Å²) >= 11 is 5.99. The average Bonchev–Trinajstić information content (AvgIpc) is 3.41. The molecule has 0 fully saturated rings. The summed E-state index contributed by atoms with van der Waals surface area (Å²) in [7, 11) is 1.27. The summed E-state index contributed by atoms with van der Waals surface area (Å²) in [6.07, 6.45) is 3.68. The Hall–Kier alpha value is -4.69. The third-order valence-electron chi connectivity index (χ3n) is 6.37. The minimum Gasteiger partial charge on any atom is -0.489 e. The first-order chi connectivity index (χ1) is 19.4. The number of nitrogens with one attached hydrogen (secondary N) is 1. The molecule has 202 valence electrons. The molecule has 0 radical (unpaired) electrons. The molecule has 0 saturated carbocycles. The van der Waals surface area contributed by atoms with Crippen molar-refractivity contribution in [1.29, 1.82) is 0 Å². The number of ether oxygens (including phenoxy) is 2. The summed E-state index contributed by atoms with van der Waals surface area (Å²) < 4.78 is 26.2. The van der Waals surface area contributed by atoms with Gasteiger partial charge in [0.2, 0.25) is 0 Å². The van der Waals surface area contributed by atoms with Crippen LogP contribution >= 0.6 is 11.6 Å². The van der Waals surface area contributed by atoms with Crippen molar-refractivity contribution in [2.45, 2.75) is 19.1 Å². The van der Waals surface area contributed by atoms with Crippen LogP contribution in [0.2, 0.25) is 5.02 Å². The van der Waals surface area contributed by atoms with Gasteiger partial charge in [-0.1, -0.05) is 54.1 Å². The number of rotatable bonds is 9. The zero-order valence-corrected chi connectivity index (χ0v) is 22.3. The molecule has 0 bridgehead atoms. The van der Waals surface area contributed by atoms with Gasteiger partial charge in [-0.3, -0.25) is 4.79 Å². The highest BCUT2D eigenvalue weighted by Crippen LogP contribution is 2.22. The van der Waals surface area contributed by atoms with Crippen LogP contribution in [0.1, 0.15) is 21.6 Å². The van der Waals surface area contributed by atoms with Crippen molar-refractivity contribution in [2.24, 2.45) is 0 Å². The average molecular weight is 558 g/mol. The highest BCUT2D eigenvalue weighted by molar-refractivity contribution is 6.30. The fourth-order valence-electron chi connectivity index (χ4n) is 4.22. The largest absolute Gasteiger partial charge is 0.489 e. The number of pyridine rings is 1. The lowest BCUT2D eigenvalue weighted by Gasteiger charge is -2.16. The third kappa shape index (κ3) is 6.30. The zero-order valence-electron chi connectivity index (χ0n) is 21.5. The maximum absolute atomic E-state index is 13.8. The molecule has 5 aromatic rings. The molecule has 1 atom stereocenters. The topological polar surface area (TPSA) is 81.9 Å². The Labute approximate surface area is 235 Å². The number of methoxy groups -OCH3 is 1. The molecule has 0 saturated heterocycles. The second kappa shape index (κ2) is 12.0. The second-order valence-electron chi connectivity index (χ2n) is 9.09. The molecule has 40 heavy (non-hydrogen) atoms. The van der Waals surface area contributed by atoms with Gasteiger partial charge in [0.25, 0.3) is 5.91 Å². The van der Waals surface area contributed by atoms with Crippen LogP contribution in [0.4, 0.5) is 4.39 Å². The third-order valence-corrected chi connectivity index (χ3v) is 6.62. The number of carbonyl (C=O) groups is 2. The van der Waals surface area contributed by atoms with Crippen LogP contribution in [0.25, 0.3) is 16.8 Å². The molecule has 3 aromatic carbocycles. The molecular formula is C31H25ClFN3O4. The monoisotopic (exact) mass is 557 g/mol. The number of hydrogen-bond donors (Lipinski definition) is 1. The number of aromatic nitrogens is 2. The highest BCUT2D eigenvalue weighted by atomic mass is 35.5. The van der Waals surface area contributed by atoms with Crippen molar-refractivity contribution < 1.29 is 23.5 Å². The SMILES string of the molecule is COC(=O)[C@H](Cc1ccc(OCc2ccccc2F)cc1)NC(=O)c1cn2cc(-c3ccc(Cl)cc3)ccc2n1. The van der Waals surface area contributed by atoms with E-state index in [1.54, 1.807) is 53.1 Å². The van der Waals surface area contributed by atoms with Gasteiger partial charge < -0.3 is 19.2 Å². The Morgan fingerprint density at radius 2 is 1.68 bits per heavy atom. The summed E-state index contributed by atoms with van der Waals surface area (Å²) in [4.78, 5) is 30.0. The van der Waals surface area contributed by atoms with Gasteiger partial charge in [0, 0.05) is 29.4 Å². The highest BCUT2D eigenvalue weighted by Gasteiger charge is 2.24. The number of hydrogen-bond acceptors (Lipinski definition) is 5. The van der Waals surface area contributed by atoms with Gasteiger partial charge in [-0.15, -0.1) is 0 Å². The summed E-state index contributed by atoms with van der Waals surface area (Å²) in [6.45, 7) is 0.0903. The molecule has 1 amide bonds. The Morgan fingerprint density at radius 3 is 2.40 bits per heavy atom. The quantitative estimate of drug-likeness (QED) is 0.229. The lowest BCUT2D eigenvalue weighted by atomic mass is 10.1. The van der Waals surface area contributed by atoms with Gasteiger partial charge in [0.1, 0.15) is 35.6 Å². The molecule has 7 nitrogen and oxygen atoms in total. The molecule has 9 heteroatoms. The van der Waals surface area contributed by atoms with E-state index in [4.69, 9.17) is 21.1 Å². The Morgan fingerprint density at radius 1 is 0.950 bits per heavy atom. The number of nitrogens with zero attached hydrogens (tertiary/aromatic N) is 2. The fourth-order valence-corrected chi connectivity index (χ4v) is 4.34. The Kier molecular flexibility index (Phi) is 8.07. The maximum atomic E-state index is 13.8. The molecule has 0 unspecified atom stereocenters. The van der Waals surface area contributed by atoms with Gasteiger partial charge >= 0.3 is 5.97 Å². The normalized spacial score (nSPS) is 11.7. The van der Waals surface area contributed by atoms with Crippen LogP contribution in [-0.2, 0) is 22.6 Å². The van der Waals surface area contributed by atoms with Crippen LogP contribution in [-0.4, -0.2) is 34.4 Å². The predicted octanol–water partition coefficient (Wildman–Crippen LogP) is 5.89. The summed E-state index contributed by atoms with van der Waals surface area (Å²) in [6, 6.07) is 23.7. The van der Waals surface area contributed by atoms with Crippen LogP contribution in [0.5, 0.6) is 5.75 Å². The van der Waals surface area contributed by atoms with Gasteiger partial charge in [-0.25, -0.2) is 14.2 Å².